The fourth-order valence-electron chi connectivity index (χ4n) is 2.80. The highest BCUT2D eigenvalue weighted by Crippen LogP contribution is 2.23. The molecule has 0 spiro atoms. The van der Waals surface area contributed by atoms with Gasteiger partial charge in [0.2, 0.25) is 16.9 Å². The summed E-state index contributed by atoms with van der Waals surface area (Å²) < 4.78 is 0.473. The topological polar surface area (TPSA) is 103 Å². The largest absolute Gasteiger partial charge is 0.361 e. The molecule has 3 rings (SSSR count). The number of hydrogen-bond acceptors (Lipinski definition) is 5. The average Bonchev–Trinajstić information content (AvgIpc) is 3.18. The third-order valence-corrected chi connectivity index (χ3v) is 5.13. The molecule has 0 radical (unpaired) electrons. The smallest absolute Gasteiger partial charge is 0.249 e. The minimum Gasteiger partial charge on any atom is -0.361 e. The van der Waals surface area contributed by atoms with Crippen molar-refractivity contribution in [3.63, 3.8) is 0 Å². The number of carbonyl (C=O) groups excluding carboxylic acids is 2. The normalized spacial score (nSPS) is 12.7. The Morgan fingerprint density at radius 3 is 2.70 bits per heavy atom. The van der Waals surface area contributed by atoms with E-state index in [4.69, 9.17) is 12.2 Å². The number of anilines is 1. The number of amides is 2. The van der Waals surface area contributed by atoms with Crippen molar-refractivity contribution in [2.45, 2.75) is 33.2 Å². The number of nitrogens with zero attached hydrogens (tertiary/aromatic N) is 1. The quantitative estimate of drug-likeness (QED) is 0.490. The van der Waals surface area contributed by atoms with Crippen LogP contribution in [0.2, 0.25) is 0 Å². The van der Waals surface area contributed by atoms with Crippen LogP contribution in [-0.4, -0.2) is 33.0 Å². The molecule has 2 amide bonds. The maximum Gasteiger partial charge on any atom is 0.249 e. The number of fused-ring (bicyclic) bond motifs is 1. The molecule has 3 aromatic rings. The number of aromatic amines is 2. The lowest BCUT2D eigenvalue weighted by Gasteiger charge is -2.30. The van der Waals surface area contributed by atoms with Gasteiger partial charge in [-0.2, -0.15) is 0 Å². The lowest BCUT2D eigenvalue weighted by atomic mass is 9.86. The van der Waals surface area contributed by atoms with Gasteiger partial charge in [0.25, 0.3) is 0 Å². The van der Waals surface area contributed by atoms with E-state index in [0.717, 1.165) is 16.5 Å². The van der Waals surface area contributed by atoms with Crippen LogP contribution >= 0.6 is 23.6 Å². The van der Waals surface area contributed by atoms with Crippen molar-refractivity contribution in [1.82, 2.24) is 20.5 Å². The van der Waals surface area contributed by atoms with Crippen molar-refractivity contribution >= 4 is 51.4 Å². The number of hydrogen-bond donors (Lipinski definition) is 4. The zero-order chi connectivity index (χ0) is 19.6. The van der Waals surface area contributed by atoms with E-state index in [1.165, 1.54) is 11.3 Å². The van der Waals surface area contributed by atoms with Crippen LogP contribution in [0.25, 0.3) is 10.9 Å². The van der Waals surface area contributed by atoms with Crippen molar-refractivity contribution in [3.8, 4) is 0 Å². The molecular weight excluding hydrogens is 382 g/mol. The molecule has 1 atom stereocenters. The lowest BCUT2D eigenvalue weighted by Crippen LogP contribution is -2.51. The van der Waals surface area contributed by atoms with Crippen LogP contribution in [-0.2, 0) is 16.0 Å². The summed E-state index contributed by atoms with van der Waals surface area (Å²) in [5.41, 5.74) is 1.39. The number of H-pyrrole nitrogens is 2. The van der Waals surface area contributed by atoms with E-state index in [0.29, 0.717) is 9.09 Å². The number of nitrogens with one attached hydrogen (secondary N) is 4. The second kappa shape index (κ2) is 7.61. The molecule has 1 aromatic carbocycles. The van der Waals surface area contributed by atoms with Gasteiger partial charge in [0.1, 0.15) is 6.04 Å². The van der Waals surface area contributed by atoms with Gasteiger partial charge in [-0.05, 0) is 29.3 Å². The van der Waals surface area contributed by atoms with Crippen LogP contribution in [0.1, 0.15) is 26.3 Å². The van der Waals surface area contributed by atoms with E-state index < -0.39 is 11.5 Å². The summed E-state index contributed by atoms with van der Waals surface area (Å²) in [7, 11) is 0. The molecule has 0 aliphatic heterocycles. The van der Waals surface area contributed by atoms with Gasteiger partial charge in [0.15, 0.2) is 3.95 Å². The zero-order valence-corrected chi connectivity index (χ0v) is 16.9. The van der Waals surface area contributed by atoms with E-state index in [-0.39, 0.29) is 18.2 Å². The van der Waals surface area contributed by atoms with E-state index in [2.05, 4.69) is 25.8 Å². The predicted octanol–water partition coefficient (Wildman–Crippen LogP) is 3.39. The summed E-state index contributed by atoms with van der Waals surface area (Å²) in [6.07, 6.45) is 2.01. The van der Waals surface area contributed by atoms with Crippen LogP contribution < -0.4 is 10.6 Å². The first-order valence-electron chi connectivity index (χ1n) is 8.45. The fraction of sp³-hybridized carbons (Fsp3) is 0.333. The van der Waals surface area contributed by atoms with Crippen LogP contribution in [0, 0.1) is 9.37 Å². The number of para-hydroxylation sites is 1. The second-order valence-corrected chi connectivity index (χ2v) is 8.98. The van der Waals surface area contributed by atoms with Gasteiger partial charge in [0, 0.05) is 17.1 Å². The monoisotopic (exact) mass is 403 g/mol. The second-order valence-electron chi connectivity index (χ2n) is 7.31. The first-order valence-corrected chi connectivity index (χ1v) is 9.67. The molecule has 0 saturated carbocycles. The molecule has 0 aliphatic rings. The first-order chi connectivity index (χ1) is 12.7. The molecule has 0 fully saturated rings. The number of rotatable bonds is 5. The minimum atomic E-state index is -0.715. The Morgan fingerprint density at radius 1 is 1.30 bits per heavy atom. The zero-order valence-electron chi connectivity index (χ0n) is 15.3. The fourth-order valence-corrected chi connectivity index (χ4v) is 3.59. The minimum absolute atomic E-state index is 0.186. The van der Waals surface area contributed by atoms with Crippen molar-refractivity contribution in [2.75, 3.05) is 5.32 Å². The molecule has 0 bridgehead atoms. The number of benzene rings is 1. The Kier molecular flexibility index (Phi) is 5.43. The molecule has 0 saturated heterocycles. The third-order valence-electron chi connectivity index (χ3n) is 4.13. The molecule has 0 aliphatic carbocycles. The predicted molar refractivity (Wildman–Crippen MR) is 109 cm³/mol. The van der Waals surface area contributed by atoms with Gasteiger partial charge >= 0.3 is 0 Å². The summed E-state index contributed by atoms with van der Waals surface area (Å²) in [6, 6.07) is 7.08. The molecular formula is C18H21N5O2S2. The highest BCUT2D eigenvalue weighted by atomic mass is 32.1. The van der Waals surface area contributed by atoms with Crippen molar-refractivity contribution in [2.24, 2.45) is 5.41 Å². The molecule has 142 valence electrons. The van der Waals surface area contributed by atoms with Crippen molar-refractivity contribution < 1.29 is 9.59 Å². The Hall–Kier alpha value is -2.52. The Morgan fingerprint density at radius 2 is 2.04 bits per heavy atom. The van der Waals surface area contributed by atoms with Gasteiger partial charge in [-0.1, -0.05) is 50.3 Å². The molecule has 2 heterocycles. The van der Waals surface area contributed by atoms with Gasteiger partial charge in [0.05, 0.1) is 6.42 Å². The molecule has 7 nitrogen and oxygen atoms in total. The first kappa shape index (κ1) is 19.2. The Bertz CT molecular complexity index is 1030. The van der Waals surface area contributed by atoms with Crippen molar-refractivity contribution in [3.05, 3.63) is 40.0 Å². The highest BCUT2D eigenvalue weighted by Gasteiger charge is 2.33. The standard InChI is InChI=1S/C18H21N5O2S2/c1-18(2,3)14(15(25)21-16-22-23-17(26)27-16)20-13(24)8-10-9-19-12-7-5-4-6-11(10)12/h4-7,9,14,19H,8H2,1-3H3,(H,20,24)(H,23,26)(H,21,22,25)/t14-/m1/s1. The van der Waals surface area contributed by atoms with E-state index in [1.807, 2.05) is 51.2 Å². The lowest BCUT2D eigenvalue weighted by molar-refractivity contribution is -0.128. The Labute approximate surface area is 165 Å². The summed E-state index contributed by atoms with van der Waals surface area (Å²) >= 11 is 6.14. The van der Waals surface area contributed by atoms with Crippen LogP contribution in [0.5, 0.6) is 0 Å². The average molecular weight is 404 g/mol. The van der Waals surface area contributed by atoms with Gasteiger partial charge in [-0.15, -0.1) is 5.10 Å². The van der Waals surface area contributed by atoms with Gasteiger partial charge in [-0.3, -0.25) is 20.0 Å². The summed E-state index contributed by atoms with van der Waals surface area (Å²) in [5, 5.41) is 13.5. The highest BCUT2D eigenvalue weighted by molar-refractivity contribution is 7.73. The van der Waals surface area contributed by atoms with E-state index in [1.54, 1.807) is 0 Å². The van der Waals surface area contributed by atoms with E-state index >= 15 is 0 Å². The van der Waals surface area contributed by atoms with E-state index in [9.17, 15) is 9.59 Å². The van der Waals surface area contributed by atoms with Crippen LogP contribution in [0.15, 0.2) is 30.5 Å². The summed E-state index contributed by atoms with van der Waals surface area (Å²) in [4.78, 5) is 28.5. The van der Waals surface area contributed by atoms with Crippen LogP contribution in [0.3, 0.4) is 0 Å². The van der Waals surface area contributed by atoms with Crippen LogP contribution in [0.4, 0.5) is 5.13 Å². The summed E-state index contributed by atoms with van der Waals surface area (Å²) in [5.74, 6) is -0.544. The SMILES string of the molecule is CC(C)(C)[C@H](NC(=O)Cc1c[nH]c2ccccc12)C(=O)Nc1n[nH]c(=S)s1. The van der Waals surface area contributed by atoms with Gasteiger partial charge in [-0.25, -0.2) is 0 Å². The molecule has 4 N–H and O–H groups in total. The number of aromatic nitrogens is 3. The maximum atomic E-state index is 12.7. The third kappa shape index (κ3) is 4.61. The molecule has 27 heavy (non-hydrogen) atoms. The van der Waals surface area contributed by atoms with Gasteiger partial charge < -0.3 is 10.3 Å². The summed E-state index contributed by atoms with van der Waals surface area (Å²) in [6.45, 7) is 5.70. The Balaban J connectivity index is 1.73. The number of carbonyl (C=O) groups is 2. The molecule has 9 heteroatoms. The molecule has 0 unspecified atom stereocenters. The molecule has 2 aromatic heterocycles. The maximum absolute atomic E-state index is 12.7. The van der Waals surface area contributed by atoms with Crippen molar-refractivity contribution in [1.29, 1.82) is 0 Å².